The first-order valence-corrected chi connectivity index (χ1v) is 4.05. The molecule has 1 amide bonds. The van der Waals surface area contributed by atoms with Gasteiger partial charge in [0.1, 0.15) is 0 Å². The van der Waals surface area contributed by atoms with Crippen molar-refractivity contribution in [2.45, 2.75) is 0 Å². The van der Waals surface area contributed by atoms with E-state index in [1.807, 2.05) is 0 Å². The van der Waals surface area contributed by atoms with Crippen molar-refractivity contribution in [3.8, 4) is 0 Å². The predicted octanol–water partition coefficient (Wildman–Crippen LogP) is 1.36. The van der Waals surface area contributed by atoms with Gasteiger partial charge < -0.3 is 4.90 Å². The van der Waals surface area contributed by atoms with Gasteiger partial charge in [-0.1, -0.05) is 12.1 Å². The number of isocyanates is 1. The van der Waals surface area contributed by atoms with Crippen LogP contribution in [0.5, 0.6) is 0 Å². The molecular weight excluding hydrogens is 180 g/mol. The number of carbonyl (C=O) groups is 1. The lowest BCUT2D eigenvalue weighted by atomic mass is 10.1. The second-order valence-corrected chi connectivity index (χ2v) is 2.92. The second kappa shape index (κ2) is 4.35. The van der Waals surface area contributed by atoms with Crippen molar-refractivity contribution in [1.29, 1.82) is 0 Å². The molecule has 0 aliphatic carbocycles. The first-order chi connectivity index (χ1) is 6.66. The Morgan fingerprint density at radius 1 is 1.36 bits per heavy atom. The zero-order valence-corrected chi connectivity index (χ0v) is 8.02. The van der Waals surface area contributed by atoms with Gasteiger partial charge in [-0.25, -0.2) is 4.79 Å². The number of aliphatic imine (C=N–C) groups is 1. The number of amides is 1. The van der Waals surface area contributed by atoms with Crippen molar-refractivity contribution in [2.24, 2.45) is 4.99 Å². The molecule has 4 nitrogen and oxygen atoms in total. The molecule has 0 atom stereocenters. The number of hydrogen-bond donors (Lipinski definition) is 0. The normalized spacial score (nSPS) is 9.00. The van der Waals surface area contributed by atoms with Gasteiger partial charge in [0.2, 0.25) is 6.08 Å². The first-order valence-electron chi connectivity index (χ1n) is 4.05. The molecule has 4 heteroatoms. The van der Waals surface area contributed by atoms with Crippen molar-refractivity contribution in [1.82, 2.24) is 4.90 Å². The molecule has 0 fully saturated rings. The molecule has 0 aromatic heterocycles. The molecule has 0 aliphatic rings. The van der Waals surface area contributed by atoms with Crippen LogP contribution in [0.4, 0.5) is 5.69 Å². The van der Waals surface area contributed by atoms with Gasteiger partial charge in [0.25, 0.3) is 5.91 Å². The molecule has 1 aromatic rings. The minimum absolute atomic E-state index is 0.181. The maximum atomic E-state index is 11.6. The van der Waals surface area contributed by atoms with Crippen LogP contribution in [-0.2, 0) is 4.79 Å². The fourth-order valence-corrected chi connectivity index (χ4v) is 1.04. The fourth-order valence-electron chi connectivity index (χ4n) is 1.04. The highest BCUT2D eigenvalue weighted by Gasteiger charge is 2.11. The Balaban J connectivity index is 3.19. The summed E-state index contributed by atoms with van der Waals surface area (Å²) in [4.78, 5) is 26.6. The number of benzene rings is 1. The van der Waals surface area contributed by atoms with Crippen LogP contribution in [0.3, 0.4) is 0 Å². The molecule has 0 saturated heterocycles. The van der Waals surface area contributed by atoms with Gasteiger partial charge in [0.15, 0.2) is 0 Å². The van der Waals surface area contributed by atoms with E-state index >= 15 is 0 Å². The van der Waals surface area contributed by atoms with Crippen molar-refractivity contribution >= 4 is 17.7 Å². The van der Waals surface area contributed by atoms with E-state index in [-0.39, 0.29) is 5.91 Å². The van der Waals surface area contributed by atoms with Crippen LogP contribution in [0.15, 0.2) is 29.3 Å². The Labute approximate surface area is 81.9 Å². The molecular formula is C10H10N2O2. The molecule has 0 spiro atoms. The lowest BCUT2D eigenvalue weighted by Gasteiger charge is -2.10. The lowest BCUT2D eigenvalue weighted by Crippen LogP contribution is -2.21. The Kier molecular flexibility index (Phi) is 3.15. The highest BCUT2D eigenvalue weighted by molar-refractivity contribution is 5.98. The smallest absolute Gasteiger partial charge is 0.255 e. The van der Waals surface area contributed by atoms with Gasteiger partial charge in [-0.3, -0.25) is 4.79 Å². The van der Waals surface area contributed by atoms with Crippen LogP contribution in [0.1, 0.15) is 10.4 Å². The standard InChI is InChI=1S/C10H10N2O2/c1-12(2)10(14)8-5-3-4-6-9(8)11-7-13/h3-6H,1-2H3. The predicted molar refractivity (Wildman–Crippen MR) is 52.2 cm³/mol. The molecule has 14 heavy (non-hydrogen) atoms. The van der Waals surface area contributed by atoms with Gasteiger partial charge in [-0.15, -0.1) is 0 Å². The maximum Gasteiger partial charge on any atom is 0.255 e. The maximum absolute atomic E-state index is 11.6. The van der Waals surface area contributed by atoms with E-state index < -0.39 is 0 Å². The highest BCUT2D eigenvalue weighted by Crippen LogP contribution is 2.18. The van der Waals surface area contributed by atoms with Gasteiger partial charge in [0, 0.05) is 14.1 Å². The van der Waals surface area contributed by atoms with E-state index in [1.54, 1.807) is 38.4 Å². The summed E-state index contributed by atoms with van der Waals surface area (Å²) in [5, 5.41) is 0. The second-order valence-electron chi connectivity index (χ2n) is 2.92. The summed E-state index contributed by atoms with van der Waals surface area (Å²) >= 11 is 0. The molecule has 0 radical (unpaired) electrons. The van der Waals surface area contributed by atoms with Crippen molar-refractivity contribution < 1.29 is 9.59 Å². The van der Waals surface area contributed by atoms with Gasteiger partial charge in [0.05, 0.1) is 11.3 Å². The summed E-state index contributed by atoms with van der Waals surface area (Å²) in [5.41, 5.74) is 0.752. The monoisotopic (exact) mass is 190 g/mol. The Morgan fingerprint density at radius 2 is 2.00 bits per heavy atom. The average Bonchev–Trinajstić information content (AvgIpc) is 2.18. The fraction of sp³-hybridized carbons (Fsp3) is 0.200. The Morgan fingerprint density at radius 3 is 2.57 bits per heavy atom. The molecule has 72 valence electrons. The van der Waals surface area contributed by atoms with Crippen molar-refractivity contribution in [3.63, 3.8) is 0 Å². The van der Waals surface area contributed by atoms with E-state index in [0.29, 0.717) is 11.3 Å². The summed E-state index contributed by atoms with van der Waals surface area (Å²) in [5.74, 6) is -0.181. The first kappa shape index (κ1) is 10.2. The summed E-state index contributed by atoms with van der Waals surface area (Å²) in [6, 6.07) is 6.66. The summed E-state index contributed by atoms with van der Waals surface area (Å²) in [7, 11) is 3.29. The molecule has 0 bridgehead atoms. The average molecular weight is 190 g/mol. The van der Waals surface area contributed by atoms with Gasteiger partial charge in [-0.2, -0.15) is 4.99 Å². The summed E-state index contributed by atoms with van der Waals surface area (Å²) in [6.07, 6.45) is 1.42. The van der Waals surface area contributed by atoms with Gasteiger partial charge in [-0.05, 0) is 12.1 Å². The van der Waals surface area contributed by atoms with E-state index in [0.717, 1.165) is 0 Å². The minimum atomic E-state index is -0.181. The topological polar surface area (TPSA) is 49.7 Å². The van der Waals surface area contributed by atoms with Crippen LogP contribution >= 0.6 is 0 Å². The number of para-hydroxylation sites is 1. The van der Waals surface area contributed by atoms with Crippen LogP contribution in [0.2, 0.25) is 0 Å². The van der Waals surface area contributed by atoms with E-state index in [4.69, 9.17) is 0 Å². The number of carbonyl (C=O) groups excluding carboxylic acids is 2. The van der Waals surface area contributed by atoms with Crippen LogP contribution < -0.4 is 0 Å². The largest absolute Gasteiger partial charge is 0.345 e. The molecule has 1 rings (SSSR count). The summed E-state index contributed by atoms with van der Waals surface area (Å²) < 4.78 is 0. The molecule has 1 aromatic carbocycles. The van der Waals surface area contributed by atoms with E-state index in [2.05, 4.69) is 4.99 Å². The molecule has 0 heterocycles. The van der Waals surface area contributed by atoms with E-state index in [9.17, 15) is 9.59 Å². The summed E-state index contributed by atoms with van der Waals surface area (Å²) in [6.45, 7) is 0. The third-order valence-corrected chi connectivity index (χ3v) is 1.71. The van der Waals surface area contributed by atoms with Crippen LogP contribution in [-0.4, -0.2) is 31.0 Å². The van der Waals surface area contributed by atoms with Crippen molar-refractivity contribution in [3.05, 3.63) is 29.8 Å². The minimum Gasteiger partial charge on any atom is -0.345 e. The molecule has 0 saturated carbocycles. The highest BCUT2D eigenvalue weighted by atomic mass is 16.2. The van der Waals surface area contributed by atoms with Crippen molar-refractivity contribution in [2.75, 3.05) is 14.1 Å². The van der Waals surface area contributed by atoms with Gasteiger partial charge >= 0.3 is 0 Å². The zero-order chi connectivity index (χ0) is 10.6. The quantitative estimate of drug-likeness (QED) is 0.522. The zero-order valence-electron chi connectivity index (χ0n) is 8.02. The third kappa shape index (κ3) is 2.06. The number of nitrogens with zero attached hydrogens (tertiary/aromatic N) is 2. The molecule has 0 aliphatic heterocycles. The third-order valence-electron chi connectivity index (χ3n) is 1.71. The van der Waals surface area contributed by atoms with E-state index in [1.165, 1.54) is 11.0 Å². The Bertz CT molecular complexity index is 393. The van der Waals surface area contributed by atoms with Crippen LogP contribution in [0, 0.1) is 0 Å². The number of rotatable bonds is 2. The molecule has 0 N–H and O–H groups in total. The lowest BCUT2D eigenvalue weighted by molar-refractivity contribution is 0.0828. The Hall–Kier alpha value is -1.93. The SMILES string of the molecule is CN(C)C(=O)c1ccccc1N=C=O. The van der Waals surface area contributed by atoms with Crippen LogP contribution in [0.25, 0.3) is 0 Å². The number of hydrogen-bond acceptors (Lipinski definition) is 3. The molecule has 0 unspecified atom stereocenters.